The minimum Gasteiger partial charge on any atom is -0.338 e. The average molecular weight is 307 g/mol. The Labute approximate surface area is 130 Å². The number of hydrogen-bond donors (Lipinski definition) is 1. The van der Waals surface area contributed by atoms with Crippen molar-refractivity contribution in [2.75, 3.05) is 26.7 Å². The first kappa shape index (κ1) is 15.2. The number of likely N-dealkylation sites (tertiary alicyclic amines) is 2. The fourth-order valence-corrected chi connectivity index (χ4v) is 3.71. The smallest absolute Gasteiger partial charge is 0.317 e. The first-order valence-electron chi connectivity index (χ1n) is 8.13. The zero-order valence-corrected chi connectivity index (χ0v) is 13.4. The molecule has 3 rings (SSSR count). The van der Waals surface area contributed by atoms with Crippen LogP contribution in [0.5, 0.6) is 0 Å². The van der Waals surface area contributed by atoms with E-state index in [1.165, 1.54) is 12.8 Å². The lowest BCUT2D eigenvalue weighted by Crippen LogP contribution is -2.50. The minimum absolute atomic E-state index is 0.0536. The van der Waals surface area contributed by atoms with E-state index in [9.17, 15) is 4.79 Å². The van der Waals surface area contributed by atoms with E-state index in [1.54, 1.807) is 4.68 Å². The van der Waals surface area contributed by atoms with Gasteiger partial charge in [-0.3, -0.25) is 0 Å². The molecule has 1 aromatic rings. The van der Waals surface area contributed by atoms with Crippen LogP contribution in [0, 0.1) is 0 Å². The quantitative estimate of drug-likeness (QED) is 0.848. The normalized spacial score (nSPS) is 25.8. The second-order valence-electron chi connectivity index (χ2n) is 6.29. The molecule has 3 heterocycles. The summed E-state index contributed by atoms with van der Waals surface area (Å²) in [7, 11) is 3.98. The highest BCUT2D eigenvalue weighted by molar-refractivity contribution is 5.75. The van der Waals surface area contributed by atoms with Gasteiger partial charge in [-0.05, 0) is 49.7 Å². The summed E-state index contributed by atoms with van der Waals surface area (Å²) in [6, 6.07) is 0.943. The number of amides is 2. The summed E-state index contributed by atoms with van der Waals surface area (Å²) in [4.78, 5) is 16.9. The Kier molecular flexibility index (Phi) is 4.56. The van der Waals surface area contributed by atoms with Crippen molar-refractivity contribution in [2.24, 2.45) is 7.05 Å². The maximum atomic E-state index is 12.5. The summed E-state index contributed by atoms with van der Waals surface area (Å²) in [5, 5.41) is 14.3. The van der Waals surface area contributed by atoms with Crippen molar-refractivity contribution in [1.82, 2.24) is 35.3 Å². The molecule has 2 unspecified atom stereocenters. The largest absolute Gasteiger partial charge is 0.338 e. The highest BCUT2D eigenvalue weighted by Gasteiger charge is 2.38. The van der Waals surface area contributed by atoms with E-state index in [0.717, 1.165) is 31.8 Å². The summed E-state index contributed by atoms with van der Waals surface area (Å²) in [5.74, 6) is 0.786. The van der Waals surface area contributed by atoms with E-state index in [0.29, 0.717) is 25.0 Å². The van der Waals surface area contributed by atoms with E-state index in [2.05, 4.69) is 32.8 Å². The maximum Gasteiger partial charge on any atom is 0.317 e. The van der Waals surface area contributed by atoms with Crippen LogP contribution in [0.15, 0.2) is 0 Å². The van der Waals surface area contributed by atoms with Gasteiger partial charge in [-0.2, -0.15) is 0 Å². The molecule has 122 valence electrons. The molecule has 0 saturated carbocycles. The second-order valence-corrected chi connectivity index (χ2v) is 6.29. The molecule has 2 saturated heterocycles. The van der Waals surface area contributed by atoms with Crippen LogP contribution in [0.1, 0.15) is 31.5 Å². The molecule has 2 atom stereocenters. The van der Waals surface area contributed by atoms with Gasteiger partial charge < -0.3 is 15.1 Å². The van der Waals surface area contributed by atoms with E-state index < -0.39 is 0 Å². The number of likely N-dealkylation sites (N-methyl/N-ethyl adjacent to an activating group) is 1. The van der Waals surface area contributed by atoms with E-state index in [-0.39, 0.29) is 6.03 Å². The van der Waals surface area contributed by atoms with Crippen LogP contribution in [0.25, 0.3) is 0 Å². The Morgan fingerprint density at radius 3 is 2.68 bits per heavy atom. The third kappa shape index (κ3) is 3.06. The van der Waals surface area contributed by atoms with E-state index >= 15 is 0 Å². The van der Waals surface area contributed by atoms with Crippen molar-refractivity contribution in [3.63, 3.8) is 0 Å². The number of tetrazole rings is 1. The number of aryl methyl sites for hydroxylation is 1. The third-order valence-corrected chi connectivity index (χ3v) is 4.91. The number of hydrogen-bond acceptors (Lipinski definition) is 5. The summed E-state index contributed by atoms with van der Waals surface area (Å²) in [5.41, 5.74) is 0. The Balaban J connectivity index is 1.51. The van der Waals surface area contributed by atoms with Crippen LogP contribution in [0.3, 0.4) is 0 Å². The number of carbonyl (C=O) groups excluding carboxylic acids is 1. The van der Waals surface area contributed by atoms with Crippen LogP contribution in [-0.2, 0) is 13.5 Å². The van der Waals surface area contributed by atoms with Gasteiger partial charge in [-0.25, -0.2) is 9.48 Å². The zero-order chi connectivity index (χ0) is 15.5. The number of carbonyl (C=O) groups is 1. The summed E-state index contributed by atoms with van der Waals surface area (Å²) in [6.45, 7) is 2.58. The molecule has 8 heteroatoms. The number of aromatic nitrogens is 4. The molecule has 2 aliphatic rings. The van der Waals surface area contributed by atoms with Gasteiger partial charge in [0.05, 0.1) is 0 Å². The standard InChI is InChI=1S/C14H25N7O/c1-19-9-3-5-11(19)12-6-4-10-21(12)14(22)15-8-7-13-16-17-18-20(13)2/h11-12H,3-10H2,1-2H3,(H,15,22). The van der Waals surface area contributed by atoms with Gasteiger partial charge in [-0.15, -0.1) is 5.10 Å². The van der Waals surface area contributed by atoms with Gasteiger partial charge in [0.2, 0.25) is 0 Å². The molecular formula is C14H25N7O. The maximum absolute atomic E-state index is 12.5. The molecule has 0 aliphatic carbocycles. The Morgan fingerprint density at radius 1 is 1.23 bits per heavy atom. The lowest BCUT2D eigenvalue weighted by molar-refractivity contribution is 0.153. The predicted molar refractivity (Wildman–Crippen MR) is 81.3 cm³/mol. The molecule has 8 nitrogen and oxygen atoms in total. The molecule has 0 spiro atoms. The Hall–Kier alpha value is -1.70. The van der Waals surface area contributed by atoms with Crippen LogP contribution in [0.2, 0.25) is 0 Å². The zero-order valence-electron chi connectivity index (χ0n) is 13.4. The molecule has 2 amide bonds. The van der Waals surface area contributed by atoms with E-state index in [1.807, 2.05) is 11.9 Å². The molecule has 1 N–H and O–H groups in total. The highest BCUT2D eigenvalue weighted by atomic mass is 16.2. The SMILES string of the molecule is CN1CCCC1C1CCCN1C(=O)NCCc1nnnn1C. The van der Waals surface area contributed by atoms with Crippen LogP contribution < -0.4 is 5.32 Å². The van der Waals surface area contributed by atoms with Gasteiger partial charge >= 0.3 is 6.03 Å². The van der Waals surface area contributed by atoms with Crippen molar-refractivity contribution in [3.8, 4) is 0 Å². The van der Waals surface area contributed by atoms with Crippen LogP contribution in [-0.4, -0.2) is 74.8 Å². The molecule has 22 heavy (non-hydrogen) atoms. The number of rotatable bonds is 4. The molecular weight excluding hydrogens is 282 g/mol. The average Bonchev–Trinajstić information content (AvgIpc) is 3.20. The van der Waals surface area contributed by atoms with E-state index in [4.69, 9.17) is 0 Å². The first-order valence-corrected chi connectivity index (χ1v) is 8.13. The molecule has 0 radical (unpaired) electrons. The van der Waals surface area contributed by atoms with Crippen LogP contribution >= 0.6 is 0 Å². The molecule has 0 aromatic carbocycles. The van der Waals surface area contributed by atoms with Gasteiger partial charge in [0, 0.05) is 38.6 Å². The summed E-state index contributed by atoms with van der Waals surface area (Å²) >= 11 is 0. The summed E-state index contributed by atoms with van der Waals surface area (Å²) < 4.78 is 1.64. The van der Waals surface area contributed by atoms with Gasteiger partial charge in [-0.1, -0.05) is 0 Å². The molecule has 1 aromatic heterocycles. The van der Waals surface area contributed by atoms with Gasteiger partial charge in [0.25, 0.3) is 0 Å². The Bertz CT molecular complexity index is 517. The number of urea groups is 1. The second kappa shape index (κ2) is 6.60. The lowest BCUT2D eigenvalue weighted by Gasteiger charge is -2.33. The van der Waals surface area contributed by atoms with Crippen molar-refractivity contribution in [1.29, 1.82) is 0 Å². The molecule has 2 fully saturated rings. The molecule has 0 bridgehead atoms. The molecule has 2 aliphatic heterocycles. The first-order chi connectivity index (χ1) is 10.7. The highest BCUT2D eigenvalue weighted by Crippen LogP contribution is 2.28. The van der Waals surface area contributed by atoms with Gasteiger partial charge in [0.1, 0.15) is 0 Å². The topological polar surface area (TPSA) is 79.2 Å². The fraction of sp³-hybridized carbons (Fsp3) is 0.857. The van der Waals surface area contributed by atoms with Crippen LogP contribution in [0.4, 0.5) is 4.79 Å². The fourth-order valence-electron chi connectivity index (χ4n) is 3.71. The third-order valence-electron chi connectivity index (χ3n) is 4.91. The number of nitrogens with zero attached hydrogens (tertiary/aromatic N) is 6. The minimum atomic E-state index is 0.0536. The monoisotopic (exact) mass is 307 g/mol. The lowest BCUT2D eigenvalue weighted by atomic mass is 10.0. The number of nitrogens with one attached hydrogen (secondary N) is 1. The van der Waals surface area contributed by atoms with Crippen molar-refractivity contribution < 1.29 is 4.79 Å². The van der Waals surface area contributed by atoms with Crippen molar-refractivity contribution in [3.05, 3.63) is 5.82 Å². The Morgan fingerprint density at radius 2 is 2.00 bits per heavy atom. The van der Waals surface area contributed by atoms with Crippen molar-refractivity contribution >= 4 is 6.03 Å². The summed E-state index contributed by atoms with van der Waals surface area (Å²) in [6.07, 6.45) is 5.32. The van der Waals surface area contributed by atoms with Gasteiger partial charge in [0.15, 0.2) is 5.82 Å². The van der Waals surface area contributed by atoms with Crippen molar-refractivity contribution in [2.45, 2.75) is 44.2 Å². The predicted octanol–water partition coefficient (Wildman–Crippen LogP) is 0.0208.